The van der Waals surface area contributed by atoms with Crippen molar-refractivity contribution in [3.8, 4) is 11.4 Å². The van der Waals surface area contributed by atoms with Crippen LogP contribution in [-0.4, -0.2) is 18.0 Å². The number of methoxy groups -OCH3 is 1. The molecule has 0 saturated carbocycles. The highest BCUT2D eigenvalue weighted by Gasteiger charge is 2.09. The van der Waals surface area contributed by atoms with Crippen molar-refractivity contribution < 1.29 is 9.53 Å². The molecule has 0 radical (unpaired) electrons. The fraction of sp³-hybridized carbons (Fsp3) is 0.111. The van der Waals surface area contributed by atoms with E-state index < -0.39 is 0 Å². The Balaban J connectivity index is 2.29. The van der Waals surface area contributed by atoms with Crippen molar-refractivity contribution in [2.75, 3.05) is 7.11 Å². The van der Waals surface area contributed by atoms with Gasteiger partial charge in [0.1, 0.15) is 5.75 Å². The highest BCUT2D eigenvalue weighted by molar-refractivity contribution is 5.85. The van der Waals surface area contributed by atoms with Gasteiger partial charge in [-0.3, -0.25) is 14.2 Å². The number of aromatic nitrogens is 1. The second kappa shape index (κ2) is 5.48. The summed E-state index contributed by atoms with van der Waals surface area (Å²) in [5.74, 6) is 0.490. The van der Waals surface area contributed by atoms with E-state index in [1.54, 1.807) is 29.0 Å². The molecule has 0 saturated heterocycles. The molecule has 0 unspecified atom stereocenters. The van der Waals surface area contributed by atoms with Crippen molar-refractivity contribution in [3.63, 3.8) is 0 Å². The van der Waals surface area contributed by atoms with Gasteiger partial charge in [-0.25, -0.2) is 0 Å². The van der Waals surface area contributed by atoms with E-state index in [-0.39, 0.29) is 5.56 Å². The van der Waals surface area contributed by atoms with Gasteiger partial charge in [0.05, 0.1) is 12.7 Å². The van der Waals surface area contributed by atoms with Crippen LogP contribution in [0.3, 0.4) is 0 Å². The maximum atomic E-state index is 12.7. The summed E-state index contributed by atoms with van der Waals surface area (Å²) < 4.78 is 6.69. The zero-order valence-electron chi connectivity index (χ0n) is 12.4. The molecule has 4 nitrogen and oxygen atoms in total. The number of hydrogen-bond donors (Lipinski definition) is 0. The van der Waals surface area contributed by atoms with Crippen LogP contribution in [0.25, 0.3) is 16.5 Å². The van der Waals surface area contributed by atoms with Crippen molar-refractivity contribution in [1.82, 2.24) is 4.57 Å². The molecule has 3 rings (SSSR count). The molecule has 0 N–H and O–H groups in total. The molecular formula is C18H15NO3. The zero-order valence-corrected chi connectivity index (χ0v) is 12.4. The number of carbonyl (C=O) groups excluding carboxylic acids is 1. The van der Waals surface area contributed by atoms with E-state index in [1.807, 2.05) is 31.2 Å². The molecule has 0 amide bonds. The van der Waals surface area contributed by atoms with Gasteiger partial charge < -0.3 is 4.74 Å². The molecule has 0 spiro atoms. The summed E-state index contributed by atoms with van der Waals surface area (Å²) in [6, 6.07) is 12.6. The molecule has 22 heavy (non-hydrogen) atoms. The van der Waals surface area contributed by atoms with E-state index in [1.165, 1.54) is 7.11 Å². The van der Waals surface area contributed by atoms with Crippen molar-refractivity contribution in [3.05, 3.63) is 70.1 Å². The van der Waals surface area contributed by atoms with E-state index in [0.717, 1.165) is 17.2 Å². The van der Waals surface area contributed by atoms with Crippen LogP contribution >= 0.6 is 0 Å². The molecule has 3 aromatic rings. The van der Waals surface area contributed by atoms with Gasteiger partial charge in [-0.05, 0) is 42.1 Å². The molecule has 0 aliphatic heterocycles. The molecule has 0 aliphatic rings. The normalized spacial score (nSPS) is 10.6. The molecule has 2 aromatic carbocycles. The summed E-state index contributed by atoms with van der Waals surface area (Å²) in [7, 11) is 1.51. The number of aldehydes is 1. The number of ether oxygens (including phenoxy) is 1. The van der Waals surface area contributed by atoms with Crippen LogP contribution in [0.4, 0.5) is 0 Å². The Labute approximate surface area is 127 Å². The number of fused-ring (bicyclic) bond motifs is 1. The van der Waals surface area contributed by atoms with Gasteiger partial charge in [0.2, 0.25) is 0 Å². The molecule has 0 fully saturated rings. The maximum Gasteiger partial charge on any atom is 0.262 e. The molecule has 0 bridgehead atoms. The molecular weight excluding hydrogens is 278 g/mol. The van der Waals surface area contributed by atoms with Crippen molar-refractivity contribution in [1.29, 1.82) is 0 Å². The minimum atomic E-state index is -0.108. The Bertz CT molecular complexity index is 925. The predicted molar refractivity (Wildman–Crippen MR) is 86.2 cm³/mol. The second-order valence-corrected chi connectivity index (χ2v) is 5.08. The maximum absolute atomic E-state index is 12.7. The van der Waals surface area contributed by atoms with Crippen molar-refractivity contribution >= 4 is 17.1 Å². The smallest absolute Gasteiger partial charge is 0.262 e. The number of aryl methyl sites for hydroxylation is 1. The Morgan fingerprint density at radius 2 is 1.82 bits per heavy atom. The number of rotatable bonds is 3. The van der Waals surface area contributed by atoms with Gasteiger partial charge in [0, 0.05) is 17.3 Å². The monoisotopic (exact) mass is 293 g/mol. The summed E-state index contributed by atoms with van der Waals surface area (Å²) in [6.07, 6.45) is 2.52. The molecule has 4 heteroatoms. The summed E-state index contributed by atoms with van der Waals surface area (Å²) >= 11 is 0. The zero-order chi connectivity index (χ0) is 15.7. The lowest BCUT2D eigenvalue weighted by Crippen LogP contribution is -2.18. The van der Waals surface area contributed by atoms with Gasteiger partial charge >= 0.3 is 0 Å². The molecule has 0 atom stereocenters. The van der Waals surface area contributed by atoms with E-state index >= 15 is 0 Å². The number of pyridine rings is 1. The fourth-order valence-electron chi connectivity index (χ4n) is 2.62. The van der Waals surface area contributed by atoms with Crippen LogP contribution in [0.1, 0.15) is 15.9 Å². The van der Waals surface area contributed by atoms with Crippen molar-refractivity contribution in [2.24, 2.45) is 0 Å². The van der Waals surface area contributed by atoms with Crippen LogP contribution < -0.4 is 10.3 Å². The fourth-order valence-corrected chi connectivity index (χ4v) is 2.62. The van der Waals surface area contributed by atoms with E-state index in [4.69, 9.17) is 4.74 Å². The van der Waals surface area contributed by atoms with Gasteiger partial charge in [-0.2, -0.15) is 0 Å². The third-order valence-corrected chi connectivity index (χ3v) is 3.74. The lowest BCUT2D eigenvalue weighted by atomic mass is 10.1. The third kappa shape index (κ3) is 2.19. The Kier molecular flexibility index (Phi) is 3.51. The predicted octanol–water partition coefficient (Wildman–Crippen LogP) is 3.12. The third-order valence-electron chi connectivity index (χ3n) is 3.74. The summed E-state index contributed by atoms with van der Waals surface area (Å²) in [4.78, 5) is 23.8. The first-order valence-electron chi connectivity index (χ1n) is 6.90. The largest absolute Gasteiger partial charge is 0.496 e. The van der Waals surface area contributed by atoms with Crippen LogP contribution in [0.5, 0.6) is 5.75 Å². The standard InChI is InChI=1S/C18H15NO3/c1-12-10-19(18(21)16-6-4-3-5-15(12)16)14-7-8-17(22-2)13(9-14)11-20/h3-11H,1-2H3. The van der Waals surface area contributed by atoms with Gasteiger partial charge in [-0.15, -0.1) is 0 Å². The topological polar surface area (TPSA) is 48.3 Å². The van der Waals surface area contributed by atoms with Crippen LogP contribution in [0.15, 0.2) is 53.5 Å². The van der Waals surface area contributed by atoms with Crippen LogP contribution in [0, 0.1) is 6.92 Å². The van der Waals surface area contributed by atoms with E-state index in [9.17, 15) is 9.59 Å². The van der Waals surface area contributed by atoms with E-state index in [0.29, 0.717) is 22.4 Å². The van der Waals surface area contributed by atoms with Gasteiger partial charge in [0.25, 0.3) is 5.56 Å². The number of benzene rings is 2. The summed E-state index contributed by atoms with van der Waals surface area (Å²) in [6.45, 7) is 1.96. The molecule has 1 aromatic heterocycles. The first-order chi connectivity index (χ1) is 10.7. The van der Waals surface area contributed by atoms with Gasteiger partial charge in [-0.1, -0.05) is 18.2 Å². The molecule has 1 heterocycles. The van der Waals surface area contributed by atoms with Crippen molar-refractivity contribution in [2.45, 2.75) is 6.92 Å². The second-order valence-electron chi connectivity index (χ2n) is 5.08. The highest BCUT2D eigenvalue weighted by Crippen LogP contribution is 2.21. The first-order valence-corrected chi connectivity index (χ1v) is 6.90. The van der Waals surface area contributed by atoms with Gasteiger partial charge in [0.15, 0.2) is 6.29 Å². The lowest BCUT2D eigenvalue weighted by Gasteiger charge is -2.12. The van der Waals surface area contributed by atoms with Crippen LogP contribution in [0.2, 0.25) is 0 Å². The van der Waals surface area contributed by atoms with Crippen LogP contribution in [-0.2, 0) is 0 Å². The average molecular weight is 293 g/mol. The first kappa shape index (κ1) is 14.1. The lowest BCUT2D eigenvalue weighted by molar-refractivity contribution is 0.112. The summed E-state index contributed by atoms with van der Waals surface area (Å²) in [5, 5.41) is 1.60. The minimum absolute atomic E-state index is 0.108. The number of hydrogen-bond acceptors (Lipinski definition) is 3. The minimum Gasteiger partial charge on any atom is -0.496 e. The summed E-state index contributed by atoms with van der Waals surface area (Å²) in [5.41, 5.74) is 1.95. The number of nitrogens with zero attached hydrogens (tertiary/aromatic N) is 1. The van der Waals surface area contributed by atoms with E-state index in [2.05, 4.69) is 0 Å². The Morgan fingerprint density at radius 1 is 1.09 bits per heavy atom. The average Bonchev–Trinajstić information content (AvgIpc) is 2.57. The SMILES string of the molecule is COc1ccc(-n2cc(C)c3ccccc3c2=O)cc1C=O. The number of carbonyl (C=O) groups is 1. The Hall–Kier alpha value is -2.88. The molecule has 0 aliphatic carbocycles. The quantitative estimate of drug-likeness (QED) is 0.697. The highest BCUT2D eigenvalue weighted by atomic mass is 16.5. The molecule has 110 valence electrons. The Morgan fingerprint density at radius 3 is 2.50 bits per heavy atom.